The van der Waals surface area contributed by atoms with E-state index in [1.54, 1.807) is 12.3 Å². The Labute approximate surface area is 210 Å². The van der Waals surface area contributed by atoms with E-state index in [0.29, 0.717) is 5.95 Å². The number of rotatable bonds is 4. The normalized spacial score (nSPS) is 24.6. The molecule has 1 saturated carbocycles. The fourth-order valence-electron chi connectivity index (χ4n) is 6.45. The van der Waals surface area contributed by atoms with E-state index in [4.69, 9.17) is 9.72 Å². The first-order valence-electron chi connectivity index (χ1n) is 12.1. The summed E-state index contributed by atoms with van der Waals surface area (Å²) in [5, 5.41) is 23.8. The summed E-state index contributed by atoms with van der Waals surface area (Å²) in [6.07, 6.45) is 4.83. The third kappa shape index (κ3) is 2.89. The maximum Gasteiger partial charge on any atom is 0.252 e. The van der Waals surface area contributed by atoms with Gasteiger partial charge in [-0.1, -0.05) is 19.9 Å². The van der Waals surface area contributed by atoms with Gasteiger partial charge in [-0.15, -0.1) is 10.2 Å². The average molecular weight is 504 g/mol. The van der Waals surface area contributed by atoms with Gasteiger partial charge in [0, 0.05) is 6.20 Å². The van der Waals surface area contributed by atoms with Crippen LogP contribution in [0.5, 0.6) is 0 Å². The van der Waals surface area contributed by atoms with E-state index < -0.39 is 22.7 Å². The average Bonchev–Trinajstić information content (AvgIpc) is 3.51. The number of benzene rings is 1. The van der Waals surface area contributed by atoms with Gasteiger partial charge in [0.25, 0.3) is 5.95 Å². The number of nitrogens with zero attached hydrogens (tertiary/aromatic N) is 7. The Balaban J connectivity index is 1.33. The first-order chi connectivity index (χ1) is 17.7. The summed E-state index contributed by atoms with van der Waals surface area (Å²) in [6.45, 7) is 4.64. The number of aromatic nitrogens is 7. The summed E-state index contributed by atoms with van der Waals surface area (Å²) < 4.78 is 35.6. The molecule has 9 nitrogen and oxygen atoms in total. The largest absolute Gasteiger partial charge is 0.377 e. The van der Waals surface area contributed by atoms with Crippen LogP contribution in [-0.2, 0) is 15.8 Å². The molecule has 4 heterocycles. The molecule has 11 heteroatoms. The molecule has 2 fully saturated rings. The minimum atomic E-state index is -1.20. The second kappa shape index (κ2) is 7.42. The van der Waals surface area contributed by atoms with Crippen LogP contribution in [0.25, 0.3) is 17.2 Å². The van der Waals surface area contributed by atoms with Gasteiger partial charge in [0.05, 0.1) is 41.3 Å². The number of halogens is 2. The third-order valence-corrected chi connectivity index (χ3v) is 8.48. The third-order valence-electron chi connectivity index (χ3n) is 8.48. The maximum absolute atomic E-state index is 14.5. The minimum Gasteiger partial charge on any atom is -0.377 e. The van der Waals surface area contributed by atoms with Crippen molar-refractivity contribution in [2.24, 2.45) is 5.41 Å². The van der Waals surface area contributed by atoms with Gasteiger partial charge in [0.15, 0.2) is 11.4 Å². The van der Waals surface area contributed by atoms with Crippen LogP contribution in [0, 0.1) is 17.0 Å². The van der Waals surface area contributed by atoms with Crippen LogP contribution in [0.1, 0.15) is 55.4 Å². The number of hydrogen-bond donors (Lipinski definition) is 1. The number of hydrogen-bond acceptors (Lipinski definition) is 8. The molecule has 0 radical (unpaired) electrons. The topological polar surface area (TPSA) is 112 Å². The minimum absolute atomic E-state index is 0.121. The highest BCUT2D eigenvalue weighted by atomic mass is 19.1. The van der Waals surface area contributed by atoms with Crippen LogP contribution in [0.15, 0.2) is 42.9 Å². The molecule has 2 aliphatic carbocycles. The molecule has 7 rings (SSSR count). The van der Waals surface area contributed by atoms with E-state index in [9.17, 15) is 13.9 Å². The second-order valence-electron chi connectivity index (χ2n) is 10.6. The standard InChI is InChI=1S/C26H23F2N7O2/c1-24(2)15-6-8-26(24,21-14(15)10-18(32-33-21)20-16(27)4-3-5-17(20)28)19-7-9-29-23(31-19)35-13-30-22(34-35)25(36)11-37-12-25/h3-5,7,9-10,13,15,36H,6,8,11-12H2,1-2H3/t15-,26-/m0/s1. The molecule has 1 saturated heterocycles. The molecule has 1 aliphatic heterocycles. The fourth-order valence-corrected chi connectivity index (χ4v) is 6.45. The number of ether oxygens (including phenoxy) is 1. The zero-order valence-corrected chi connectivity index (χ0v) is 20.2. The highest BCUT2D eigenvalue weighted by Gasteiger charge is 2.65. The Morgan fingerprint density at radius 2 is 1.86 bits per heavy atom. The zero-order chi connectivity index (χ0) is 25.6. The highest BCUT2D eigenvalue weighted by Crippen LogP contribution is 2.69. The molecule has 4 aromatic rings. The van der Waals surface area contributed by atoms with Gasteiger partial charge in [0.1, 0.15) is 18.0 Å². The zero-order valence-electron chi connectivity index (χ0n) is 20.2. The van der Waals surface area contributed by atoms with Gasteiger partial charge < -0.3 is 9.84 Å². The molecule has 1 aromatic carbocycles. The Bertz CT molecular complexity index is 1550. The van der Waals surface area contributed by atoms with Crippen LogP contribution in [-0.4, -0.2) is 53.3 Å². The molecular formula is C26H23F2N7O2. The van der Waals surface area contributed by atoms with E-state index >= 15 is 0 Å². The van der Waals surface area contributed by atoms with Gasteiger partial charge in [-0.05, 0) is 54.0 Å². The predicted molar refractivity (Wildman–Crippen MR) is 126 cm³/mol. The van der Waals surface area contributed by atoms with Gasteiger partial charge >= 0.3 is 0 Å². The molecule has 188 valence electrons. The lowest BCUT2D eigenvalue weighted by atomic mass is 9.66. The summed E-state index contributed by atoms with van der Waals surface area (Å²) in [4.78, 5) is 13.5. The predicted octanol–water partition coefficient (Wildman–Crippen LogP) is 3.21. The van der Waals surface area contributed by atoms with Gasteiger partial charge in [-0.25, -0.2) is 23.7 Å². The van der Waals surface area contributed by atoms with Gasteiger partial charge in [-0.3, -0.25) is 0 Å². The van der Waals surface area contributed by atoms with Crippen LogP contribution < -0.4 is 0 Å². The van der Waals surface area contributed by atoms with E-state index in [1.807, 2.05) is 6.07 Å². The Morgan fingerprint density at radius 1 is 1.08 bits per heavy atom. The van der Waals surface area contributed by atoms with Gasteiger partial charge in [0.2, 0.25) is 0 Å². The molecular weight excluding hydrogens is 480 g/mol. The monoisotopic (exact) mass is 503 g/mol. The Hall–Kier alpha value is -3.70. The van der Waals surface area contributed by atoms with Crippen molar-refractivity contribution < 1.29 is 18.6 Å². The summed E-state index contributed by atoms with van der Waals surface area (Å²) in [5.41, 5.74) is 0.463. The van der Waals surface area contributed by atoms with E-state index in [2.05, 4.69) is 39.1 Å². The number of fused-ring (bicyclic) bond motifs is 5. The van der Waals surface area contributed by atoms with Crippen LogP contribution in [0.2, 0.25) is 0 Å². The van der Waals surface area contributed by atoms with Crippen molar-refractivity contribution in [3.63, 3.8) is 0 Å². The lowest BCUT2D eigenvalue weighted by Crippen LogP contribution is -2.47. The van der Waals surface area contributed by atoms with Crippen molar-refractivity contribution in [3.8, 4) is 17.2 Å². The molecule has 0 unspecified atom stereocenters. The lowest BCUT2D eigenvalue weighted by molar-refractivity contribution is -0.189. The maximum atomic E-state index is 14.5. The van der Waals surface area contributed by atoms with Crippen molar-refractivity contribution in [1.82, 2.24) is 34.9 Å². The first kappa shape index (κ1) is 22.5. The lowest BCUT2D eigenvalue weighted by Gasteiger charge is -2.37. The van der Waals surface area contributed by atoms with Crippen molar-refractivity contribution in [3.05, 3.63) is 77.3 Å². The van der Waals surface area contributed by atoms with Crippen molar-refractivity contribution in [1.29, 1.82) is 0 Å². The Morgan fingerprint density at radius 3 is 2.59 bits per heavy atom. The summed E-state index contributed by atoms with van der Waals surface area (Å²) >= 11 is 0. The quantitative estimate of drug-likeness (QED) is 0.452. The molecule has 3 aromatic heterocycles. The van der Waals surface area contributed by atoms with E-state index in [0.717, 1.165) is 29.8 Å². The molecule has 0 spiro atoms. The first-order valence-corrected chi connectivity index (χ1v) is 12.1. The molecule has 3 aliphatic rings. The SMILES string of the molecule is CC1(C)[C@H]2CC[C@]1(c1ccnc(-n3cnc(C4(O)COC4)n3)n1)c1nnc(-c3c(F)cccc3F)cc12. The summed E-state index contributed by atoms with van der Waals surface area (Å²) in [6, 6.07) is 7.43. The number of aliphatic hydroxyl groups is 1. The van der Waals surface area contributed by atoms with Crippen LogP contribution >= 0.6 is 0 Å². The second-order valence-corrected chi connectivity index (χ2v) is 10.6. The molecule has 1 N–H and O–H groups in total. The summed E-state index contributed by atoms with van der Waals surface area (Å²) in [7, 11) is 0. The van der Waals surface area contributed by atoms with Crippen LogP contribution in [0.4, 0.5) is 8.78 Å². The molecule has 2 bridgehead atoms. The smallest absolute Gasteiger partial charge is 0.252 e. The molecule has 0 amide bonds. The van der Waals surface area contributed by atoms with Crippen molar-refractivity contribution >= 4 is 0 Å². The van der Waals surface area contributed by atoms with Crippen molar-refractivity contribution in [2.45, 2.75) is 43.6 Å². The molecule has 37 heavy (non-hydrogen) atoms. The van der Waals surface area contributed by atoms with E-state index in [1.165, 1.54) is 29.2 Å². The Kier molecular flexibility index (Phi) is 4.51. The molecule has 2 atom stereocenters. The summed E-state index contributed by atoms with van der Waals surface area (Å²) in [5.74, 6) is -0.637. The van der Waals surface area contributed by atoms with Crippen LogP contribution in [0.3, 0.4) is 0 Å². The van der Waals surface area contributed by atoms with E-state index in [-0.39, 0.29) is 41.6 Å². The highest BCUT2D eigenvalue weighted by molar-refractivity contribution is 5.64. The fraction of sp³-hybridized carbons (Fsp3) is 0.385. The van der Waals surface area contributed by atoms with Gasteiger partial charge in [-0.2, -0.15) is 9.78 Å². The van der Waals surface area contributed by atoms with Crippen molar-refractivity contribution in [2.75, 3.05) is 13.2 Å².